The van der Waals surface area contributed by atoms with Crippen molar-refractivity contribution in [1.29, 1.82) is 0 Å². The number of unbranched alkanes of at least 4 members (excludes halogenated alkanes) is 7. The largest absolute Gasteiger partial charge is 0.469 e. The first-order valence-electron chi connectivity index (χ1n) is 5.88. The molecule has 0 saturated heterocycles. The van der Waals surface area contributed by atoms with Gasteiger partial charge in [-0.2, -0.15) is 0 Å². The van der Waals surface area contributed by atoms with E-state index < -0.39 is 0 Å². The molecule has 0 aliphatic heterocycles. The quantitative estimate of drug-likeness (QED) is 0.441. The molecule has 0 amide bonds. The van der Waals surface area contributed by atoms with Gasteiger partial charge in [-0.1, -0.05) is 51.9 Å². The summed E-state index contributed by atoms with van der Waals surface area (Å²) in [5.74, 6) is -0.0732. The van der Waals surface area contributed by atoms with Crippen LogP contribution in [0.2, 0.25) is 0 Å². The Morgan fingerprint density at radius 3 is 1.87 bits per heavy atom. The molecule has 3 nitrogen and oxygen atoms in total. The van der Waals surface area contributed by atoms with E-state index in [1.54, 1.807) is 0 Å². The van der Waals surface area contributed by atoms with Gasteiger partial charge in [-0.25, -0.2) is 0 Å². The molecule has 0 unspecified atom stereocenters. The molecule has 0 saturated carbocycles. The Bertz CT molecular complexity index is 135. The molecule has 0 radical (unpaired) electrons. The lowest BCUT2D eigenvalue weighted by Gasteiger charge is -2.00. The van der Waals surface area contributed by atoms with Gasteiger partial charge in [0.05, 0.1) is 7.11 Å². The molecule has 0 aromatic carbocycles. The molecule has 0 aliphatic rings. The fourth-order valence-corrected chi connectivity index (χ4v) is 1.51. The van der Waals surface area contributed by atoms with Crippen molar-refractivity contribution >= 4 is 5.97 Å². The van der Waals surface area contributed by atoms with Crippen LogP contribution in [0.3, 0.4) is 0 Å². The molecular weight excluding hydrogens is 192 g/mol. The van der Waals surface area contributed by atoms with E-state index in [9.17, 15) is 4.79 Å². The number of rotatable bonds is 9. The number of esters is 1. The molecule has 3 heteroatoms. The van der Waals surface area contributed by atoms with Gasteiger partial charge in [0.15, 0.2) is 0 Å². The minimum absolute atomic E-state index is 0. The maximum atomic E-state index is 10.8. The smallest absolute Gasteiger partial charge is 0.305 e. The van der Waals surface area contributed by atoms with Gasteiger partial charge in [-0.15, -0.1) is 0 Å². The third-order valence-electron chi connectivity index (χ3n) is 2.46. The highest BCUT2D eigenvalue weighted by Gasteiger charge is 1.98. The van der Waals surface area contributed by atoms with Gasteiger partial charge in [0.25, 0.3) is 0 Å². The van der Waals surface area contributed by atoms with Crippen molar-refractivity contribution in [1.82, 2.24) is 0 Å². The van der Waals surface area contributed by atoms with Gasteiger partial charge in [0, 0.05) is 6.42 Å². The molecule has 0 fully saturated rings. The highest BCUT2D eigenvalue weighted by atomic mass is 16.5. The van der Waals surface area contributed by atoms with Crippen LogP contribution in [-0.4, -0.2) is 18.6 Å². The number of hydrogen-bond acceptors (Lipinski definition) is 2. The van der Waals surface area contributed by atoms with Crippen molar-refractivity contribution < 1.29 is 15.0 Å². The van der Waals surface area contributed by atoms with E-state index in [0.717, 1.165) is 6.42 Å². The molecule has 0 aliphatic carbocycles. The summed E-state index contributed by atoms with van der Waals surface area (Å²) in [5, 5.41) is 0. The van der Waals surface area contributed by atoms with Crippen LogP contribution in [0.4, 0.5) is 0 Å². The lowest BCUT2D eigenvalue weighted by atomic mass is 10.1. The standard InChI is InChI=1S/C12H24O2.H2O/c1-3-4-5-6-7-8-9-10-11-12(13)14-2;/h3-11H2,1-2H3;1H2. The number of ether oxygens (including phenoxy) is 1. The monoisotopic (exact) mass is 218 g/mol. The van der Waals surface area contributed by atoms with Gasteiger partial charge in [0.1, 0.15) is 0 Å². The van der Waals surface area contributed by atoms with E-state index in [1.165, 1.54) is 52.1 Å². The fraction of sp³-hybridized carbons (Fsp3) is 0.917. The van der Waals surface area contributed by atoms with E-state index in [-0.39, 0.29) is 11.4 Å². The molecule has 0 aromatic heterocycles. The maximum absolute atomic E-state index is 10.8. The average Bonchev–Trinajstić information content (AvgIpc) is 2.21. The third-order valence-corrected chi connectivity index (χ3v) is 2.46. The van der Waals surface area contributed by atoms with Gasteiger partial charge in [0.2, 0.25) is 0 Å². The summed E-state index contributed by atoms with van der Waals surface area (Å²) in [5.41, 5.74) is 0. The zero-order valence-electron chi connectivity index (χ0n) is 10.2. The SMILES string of the molecule is CCCCCCCCCCC(=O)OC.O. The summed E-state index contributed by atoms with van der Waals surface area (Å²) in [7, 11) is 1.45. The normalized spacial score (nSPS) is 9.47. The van der Waals surface area contributed by atoms with Crippen LogP contribution in [0, 0.1) is 0 Å². The predicted octanol–water partition coefficient (Wildman–Crippen LogP) is 2.87. The van der Waals surface area contributed by atoms with Gasteiger partial charge in [-0.05, 0) is 6.42 Å². The number of hydrogen-bond donors (Lipinski definition) is 0. The van der Waals surface area contributed by atoms with Crippen molar-refractivity contribution in [2.75, 3.05) is 7.11 Å². The molecule has 0 atom stereocenters. The summed E-state index contributed by atoms with van der Waals surface area (Å²) in [4.78, 5) is 10.8. The molecule has 0 rings (SSSR count). The minimum Gasteiger partial charge on any atom is -0.469 e. The Morgan fingerprint density at radius 1 is 0.933 bits per heavy atom. The van der Waals surface area contributed by atoms with Gasteiger partial charge < -0.3 is 10.2 Å². The zero-order chi connectivity index (χ0) is 10.6. The van der Waals surface area contributed by atoms with Gasteiger partial charge in [-0.3, -0.25) is 4.79 Å². The maximum Gasteiger partial charge on any atom is 0.305 e. The summed E-state index contributed by atoms with van der Waals surface area (Å²) >= 11 is 0. The lowest BCUT2D eigenvalue weighted by Crippen LogP contribution is -1.99. The van der Waals surface area contributed by atoms with Crippen molar-refractivity contribution in [3.63, 3.8) is 0 Å². The van der Waals surface area contributed by atoms with Crippen LogP contribution < -0.4 is 0 Å². The fourth-order valence-electron chi connectivity index (χ4n) is 1.51. The van der Waals surface area contributed by atoms with E-state index in [1.807, 2.05) is 0 Å². The zero-order valence-corrected chi connectivity index (χ0v) is 10.2. The molecule has 0 spiro atoms. The van der Waals surface area contributed by atoms with E-state index in [2.05, 4.69) is 11.7 Å². The molecule has 0 bridgehead atoms. The second-order valence-electron chi connectivity index (χ2n) is 3.80. The van der Waals surface area contributed by atoms with E-state index in [0.29, 0.717) is 6.42 Å². The Hall–Kier alpha value is -0.570. The van der Waals surface area contributed by atoms with Crippen LogP contribution in [-0.2, 0) is 9.53 Å². The molecule has 0 heterocycles. The summed E-state index contributed by atoms with van der Waals surface area (Å²) in [6.45, 7) is 2.23. The second-order valence-corrected chi connectivity index (χ2v) is 3.80. The number of carbonyl (C=O) groups excluding carboxylic acids is 1. The van der Waals surface area contributed by atoms with Crippen LogP contribution >= 0.6 is 0 Å². The Morgan fingerprint density at radius 2 is 1.40 bits per heavy atom. The minimum atomic E-state index is -0.0732. The van der Waals surface area contributed by atoms with Crippen LogP contribution in [0.15, 0.2) is 0 Å². The highest BCUT2D eigenvalue weighted by Crippen LogP contribution is 2.09. The Labute approximate surface area is 93.5 Å². The number of carbonyl (C=O) groups is 1. The van der Waals surface area contributed by atoms with E-state index in [4.69, 9.17) is 0 Å². The van der Waals surface area contributed by atoms with Crippen LogP contribution in [0.25, 0.3) is 0 Å². The van der Waals surface area contributed by atoms with Crippen molar-refractivity contribution in [3.05, 3.63) is 0 Å². The second kappa shape index (κ2) is 13.4. The molecule has 2 N–H and O–H groups in total. The third kappa shape index (κ3) is 13.4. The predicted molar refractivity (Wildman–Crippen MR) is 62.9 cm³/mol. The first-order chi connectivity index (χ1) is 6.81. The topological polar surface area (TPSA) is 57.8 Å². The first-order valence-corrected chi connectivity index (χ1v) is 5.88. The first kappa shape index (κ1) is 16.8. The Balaban J connectivity index is 0. The Kier molecular flexibility index (Phi) is 15.1. The molecular formula is C12H26O3. The van der Waals surface area contributed by atoms with Crippen molar-refractivity contribution in [2.24, 2.45) is 0 Å². The van der Waals surface area contributed by atoms with Crippen molar-refractivity contribution in [3.8, 4) is 0 Å². The number of methoxy groups -OCH3 is 1. The lowest BCUT2D eigenvalue weighted by molar-refractivity contribution is -0.140. The molecule has 0 aromatic rings. The van der Waals surface area contributed by atoms with Gasteiger partial charge >= 0.3 is 5.97 Å². The highest BCUT2D eigenvalue weighted by molar-refractivity contribution is 5.68. The summed E-state index contributed by atoms with van der Waals surface area (Å²) in [6, 6.07) is 0. The summed E-state index contributed by atoms with van der Waals surface area (Å²) < 4.78 is 4.57. The molecule has 92 valence electrons. The average molecular weight is 218 g/mol. The molecule has 15 heavy (non-hydrogen) atoms. The van der Waals surface area contributed by atoms with Crippen LogP contribution in [0.5, 0.6) is 0 Å². The van der Waals surface area contributed by atoms with E-state index >= 15 is 0 Å². The van der Waals surface area contributed by atoms with Crippen LogP contribution in [0.1, 0.15) is 64.7 Å². The summed E-state index contributed by atoms with van der Waals surface area (Å²) in [6.07, 6.45) is 10.7. The van der Waals surface area contributed by atoms with Crippen molar-refractivity contribution in [2.45, 2.75) is 64.7 Å².